The van der Waals surface area contributed by atoms with Gasteiger partial charge in [0, 0.05) is 12.1 Å². The molecule has 0 saturated carbocycles. The number of nitrogens with one attached hydrogen (secondary N) is 3. The Hall–Kier alpha value is -2.04. The summed E-state index contributed by atoms with van der Waals surface area (Å²) in [5.41, 5.74) is 6.65. The molecule has 0 radical (unpaired) electrons. The van der Waals surface area contributed by atoms with E-state index in [0.29, 0.717) is 12.8 Å². The van der Waals surface area contributed by atoms with Crippen LogP contribution in [0.5, 0.6) is 0 Å². The summed E-state index contributed by atoms with van der Waals surface area (Å²) in [6, 6.07) is 7.25. The van der Waals surface area contributed by atoms with E-state index < -0.39 is 0 Å². The van der Waals surface area contributed by atoms with Gasteiger partial charge in [-0.15, -0.1) is 0 Å². The van der Waals surface area contributed by atoms with Gasteiger partial charge in [0.15, 0.2) is 0 Å². The maximum Gasteiger partial charge on any atom is 0.225 e. The molecule has 170 valence electrons. The number of benzene rings is 1. The molecule has 0 unspecified atom stereocenters. The number of hydrogen-bond acceptors (Lipinski definition) is 3. The molecule has 5 heteroatoms. The first-order valence-electron chi connectivity index (χ1n) is 12.1. The van der Waals surface area contributed by atoms with E-state index in [9.17, 15) is 9.59 Å². The molecule has 0 fully saturated rings. The van der Waals surface area contributed by atoms with Crippen molar-refractivity contribution in [3.8, 4) is 0 Å². The average molecular weight is 418 g/mol. The van der Waals surface area contributed by atoms with Crippen LogP contribution in [-0.2, 0) is 9.59 Å². The van der Waals surface area contributed by atoms with Crippen molar-refractivity contribution in [3.63, 3.8) is 0 Å². The van der Waals surface area contributed by atoms with Crippen LogP contribution in [0.1, 0.15) is 110 Å². The van der Waals surface area contributed by atoms with Gasteiger partial charge >= 0.3 is 0 Å². The van der Waals surface area contributed by atoms with Crippen molar-refractivity contribution in [3.05, 3.63) is 24.3 Å². The topological polar surface area (TPSA) is 70.2 Å². The number of amides is 2. The Morgan fingerprint density at radius 1 is 0.700 bits per heavy atom. The molecule has 0 aliphatic heterocycles. The third-order valence-corrected chi connectivity index (χ3v) is 5.45. The van der Waals surface area contributed by atoms with Gasteiger partial charge in [0.05, 0.1) is 5.69 Å². The molecule has 0 heterocycles. The molecule has 0 bridgehead atoms. The highest BCUT2D eigenvalue weighted by Gasteiger charge is 2.02. The van der Waals surface area contributed by atoms with Gasteiger partial charge in [0.25, 0.3) is 0 Å². The number of hydrogen-bond donors (Lipinski definition) is 3. The van der Waals surface area contributed by atoms with Crippen LogP contribution < -0.4 is 16.2 Å². The molecule has 0 atom stereocenters. The molecule has 5 nitrogen and oxygen atoms in total. The molecular formula is C25H43N3O2. The zero-order chi connectivity index (χ0) is 21.7. The Bertz CT molecular complexity index is 546. The standard InChI is InChI=1S/C25H43N3O2/c1-2-3-4-5-6-7-8-9-10-11-12-13-14-15-16-17-25(30)27-23-18-20-24(21-19-23)28-26-22-29/h18-22,28H,2-17H2,1H3,(H,26,29)(H,27,30). The van der Waals surface area contributed by atoms with Crippen molar-refractivity contribution in [2.45, 2.75) is 110 Å². The molecule has 0 aromatic heterocycles. The second kappa shape index (κ2) is 19.0. The monoisotopic (exact) mass is 417 g/mol. The van der Waals surface area contributed by atoms with Gasteiger partial charge in [-0.05, 0) is 30.7 Å². The molecule has 3 N–H and O–H groups in total. The highest BCUT2D eigenvalue weighted by molar-refractivity contribution is 5.90. The van der Waals surface area contributed by atoms with Gasteiger partial charge in [-0.3, -0.25) is 20.4 Å². The lowest BCUT2D eigenvalue weighted by Crippen LogP contribution is -2.18. The molecule has 1 aromatic rings. The van der Waals surface area contributed by atoms with E-state index in [4.69, 9.17) is 0 Å². The van der Waals surface area contributed by atoms with E-state index >= 15 is 0 Å². The van der Waals surface area contributed by atoms with Crippen LogP contribution in [-0.4, -0.2) is 12.3 Å². The molecule has 0 saturated heterocycles. The Morgan fingerprint density at radius 3 is 1.60 bits per heavy atom. The minimum Gasteiger partial charge on any atom is -0.326 e. The first-order chi connectivity index (χ1) is 14.8. The summed E-state index contributed by atoms with van der Waals surface area (Å²) in [6.07, 6.45) is 21.1. The van der Waals surface area contributed by atoms with Gasteiger partial charge in [-0.25, -0.2) is 0 Å². The number of hydrazine groups is 1. The molecule has 0 aliphatic carbocycles. The summed E-state index contributed by atoms with van der Waals surface area (Å²) in [5, 5.41) is 2.92. The highest BCUT2D eigenvalue weighted by Crippen LogP contribution is 2.15. The van der Waals surface area contributed by atoms with Crippen LogP contribution in [0.3, 0.4) is 0 Å². The van der Waals surface area contributed by atoms with Crippen LogP contribution in [0.4, 0.5) is 11.4 Å². The number of unbranched alkanes of at least 4 members (excludes halogenated alkanes) is 14. The summed E-state index contributed by atoms with van der Waals surface area (Å²) >= 11 is 0. The fraction of sp³-hybridized carbons (Fsp3) is 0.680. The lowest BCUT2D eigenvalue weighted by Gasteiger charge is -2.07. The highest BCUT2D eigenvalue weighted by atomic mass is 16.1. The third-order valence-electron chi connectivity index (χ3n) is 5.45. The average Bonchev–Trinajstić information content (AvgIpc) is 2.76. The first kappa shape index (κ1) is 26.0. The van der Waals surface area contributed by atoms with Gasteiger partial charge in [0.2, 0.25) is 12.3 Å². The smallest absolute Gasteiger partial charge is 0.225 e. The van der Waals surface area contributed by atoms with Gasteiger partial charge < -0.3 is 5.32 Å². The van der Waals surface area contributed by atoms with Crippen molar-refractivity contribution in [1.29, 1.82) is 0 Å². The maximum absolute atomic E-state index is 12.0. The van der Waals surface area contributed by atoms with Crippen LogP contribution >= 0.6 is 0 Å². The predicted molar refractivity (Wildman–Crippen MR) is 127 cm³/mol. The predicted octanol–water partition coefficient (Wildman–Crippen LogP) is 6.96. The number of anilines is 2. The van der Waals surface area contributed by atoms with E-state index in [-0.39, 0.29) is 5.91 Å². The van der Waals surface area contributed by atoms with Crippen LogP contribution in [0.25, 0.3) is 0 Å². The fourth-order valence-corrected chi connectivity index (χ4v) is 3.63. The maximum atomic E-state index is 12.0. The van der Waals surface area contributed by atoms with Crippen LogP contribution in [0, 0.1) is 0 Å². The molecule has 2 amide bonds. The van der Waals surface area contributed by atoms with E-state index in [1.54, 1.807) is 12.1 Å². The van der Waals surface area contributed by atoms with Crippen molar-refractivity contribution < 1.29 is 9.59 Å². The van der Waals surface area contributed by atoms with Crippen molar-refractivity contribution in [2.24, 2.45) is 0 Å². The third kappa shape index (κ3) is 14.9. The summed E-state index contributed by atoms with van der Waals surface area (Å²) in [5.74, 6) is 0.0661. The molecule has 0 aliphatic rings. The Balaban J connectivity index is 1.88. The second-order valence-corrected chi connectivity index (χ2v) is 8.21. The van der Waals surface area contributed by atoms with E-state index in [1.165, 1.54) is 83.5 Å². The molecule has 1 rings (SSSR count). The molecule has 0 spiro atoms. The number of carbonyl (C=O) groups is 2. The normalized spacial score (nSPS) is 10.6. The zero-order valence-electron chi connectivity index (χ0n) is 19.0. The Morgan fingerprint density at radius 2 is 1.13 bits per heavy atom. The van der Waals surface area contributed by atoms with Gasteiger partial charge in [-0.1, -0.05) is 96.8 Å². The summed E-state index contributed by atoms with van der Waals surface area (Å²) in [7, 11) is 0. The van der Waals surface area contributed by atoms with E-state index in [0.717, 1.165) is 24.2 Å². The van der Waals surface area contributed by atoms with E-state index in [1.807, 2.05) is 12.1 Å². The Kier molecular flexibility index (Phi) is 16.4. The van der Waals surface area contributed by atoms with Crippen molar-refractivity contribution in [2.75, 3.05) is 10.7 Å². The van der Waals surface area contributed by atoms with Crippen molar-refractivity contribution >= 4 is 23.7 Å². The first-order valence-corrected chi connectivity index (χ1v) is 12.1. The van der Waals surface area contributed by atoms with Crippen LogP contribution in [0.2, 0.25) is 0 Å². The fourth-order valence-electron chi connectivity index (χ4n) is 3.63. The summed E-state index contributed by atoms with van der Waals surface area (Å²) < 4.78 is 0. The lowest BCUT2D eigenvalue weighted by atomic mass is 10.0. The molecule has 30 heavy (non-hydrogen) atoms. The summed E-state index contributed by atoms with van der Waals surface area (Å²) in [4.78, 5) is 22.3. The molecule has 1 aromatic carbocycles. The van der Waals surface area contributed by atoms with Crippen LogP contribution in [0.15, 0.2) is 24.3 Å². The SMILES string of the molecule is CCCCCCCCCCCCCCCCCC(=O)Nc1ccc(NNC=O)cc1. The van der Waals surface area contributed by atoms with Gasteiger partial charge in [0.1, 0.15) is 0 Å². The van der Waals surface area contributed by atoms with Gasteiger partial charge in [-0.2, -0.15) is 0 Å². The zero-order valence-corrected chi connectivity index (χ0v) is 19.0. The summed E-state index contributed by atoms with van der Waals surface area (Å²) in [6.45, 7) is 2.27. The largest absolute Gasteiger partial charge is 0.326 e. The number of carbonyl (C=O) groups excluding carboxylic acids is 2. The lowest BCUT2D eigenvalue weighted by molar-refractivity contribution is -0.116. The molecular weight excluding hydrogens is 374 g/mol. The quantitative estimate of drug-likeness (QED) is 0.122. The second-order valence-electron chi connectivity index (χ2n) is 8.21. The Labute approximate surface area is 183 Å². The minimum absolute atomic E-state index is 0.0661. The minimum atomic E-state index is 0.0661. The number of rotatable bonds is 20. The van der Waals surface area contributed by atoms with E-state index in [2.05, 4.69) is 23.1 Å². The van der Waals surface area contributed by atoms with Crippen molar-refractivity contribution in [1.82, 2.24) is 5.43 Å².